The predicted molar refractivity (Wildman–Crippen MR) is 70.2 cm³/mol. The van der Waals surface area contributed by atoms with Gasteiger partial charge in [0.15, 0.2) is 0 Å². The summed E-state index contributed by atoms with van der Waals surface area (Å²) in [6, 6.07) is 2.03. The van der Waals surface area contributed by atoms with Crippen molar-refractivity contribution < 1.29 is 5.11 Å². The van der Waals surface area contributed by atoms with Gasteiger partial charge in [0.25, 0.3) is 0 Å². The highest BCUT2D eigenvalue weighted by molar-refractivity contribution is 7.16. The zero-order chi connectivity index (χ0) is 11.5. The molecule has 3 heteroatoms. The van der Waals surface area contributed by atoms with Crippen molar-refractivity contribution >= 4 is 22.9 Å². The van der Waals surface area contributed by atoms with Crippen LogP contribution >= 0.6 is 22.9 Å². The highest BCUT2D eigenvalue weighted by Gasteiger charge is 2.20. The summed E-state index contributed by atoms with van der Waals surface area (Å²) in [5, 5.41) is 10.2. The SMILES string of the molecule is Cc1cc(C(O)CC2CCCCC2)sc1Cl. The van der Waals surface area contributed by atoms with Crippen LogP contribution < -0.4 is 0 Å². The van der Waals surface area contributed by atoms with Gasteiger partial charge in [0.05, 0.1) is 10.4 Å². The number of aliphatic hydroxyl groups is 1. The van der Waals surface area contributed by atoms with Crippen molar-refractivity contribution in [2.75, 3.05) is 0 Å². The number of thiophene rings is 1. The second kappa shape index (κ2) is 5.52. The smallest absolute Gasteiger partial charge is 0.0961 e. The summed E-state index contributed by atoms with van der Waals surface area (Å²) in [4.78, 5) is 1.04. The molecule has 2 rings (SSSR count). The second-order valence-corrected chi connectivity index (χ2v) is 6.55. The third-order valence-corrected chi connectivity index (χ3v) is 5.14. The minimum absolute atomic E-state index is 0.306. The molecule has 0 spiro atoms. The van der Waals surface area contributed by atoms with Crippen molar-refractivity contribution in [3.8, 4) is 0 Å². The average molecular weight is 259 g/mol. The molecule has 1 nitrogen and oxygen atoms in total. The molecule has 16 heavy (non-hydrogen) atoms. The first-order valence-electron chi connectivity index (χ1n) is 6.10. The summed E-state index contributed by atoms with van der Waals surface area (Å²) in [6.45, 7) is 2.00. The molecule has 1 atom stereocenters. The summed E-state index contributed by atoms with van der Waals surface area (Å²) in [5.41, 5.74) is 1.09. The molecule has 90 valence electrons. The Bertz CT molecular complexity index is 322. The summed E-state index contributed by atoms with van der Waals surface area (Å²) in [5.74, 6) is 0.713. The second-order valence-electron chi connectivity index (χ2n) is 4.86. The van der Waals surface area contributed by atoms with Gasteiger partial charge in [-0.15, -0.1) is 11.3 Å². The molecule has 1 unspecified atom stereocenters. The molecule has 1 aliphatic rings. The van der Waals surface area contributed by atoms with Crippen molar-refractivity contribution in [2.24, 2.45) is 5.92 Å². The molecular formula is C13H19ClOS. The molecule has 0 aromatic carbocycles. The quantitative estimate of drug-likeness (QED) is 0.832. The molecule has 1 aromatic heterocycles. The van der Waals surface area contributed by atoms with Gasteiger partial charge in [-0.05, 0) is 30.9 Å². The van der Waals surface area contributed by atoms with E-state index >= 15 is 0 Å². The molecule has 1 heterocycles. The maximum Gasteiger partial charge on any atom is 0.0961 e. The molecule has 0 radical (unpaired) electrons. The zero-order valence-electron chi connectivity index (χ0n) is 9.71. The summed E-state index contributed by atoms with van der Waals surface area (Å²) in [7, 11) is 0. The maximum absolute atomic E-state index is 10.2. The number of halogens is 1. The van der Waals surface area contributed by atoms with Crippen LogP contribution in [-0.4, -0.2) is 5.11 Å². The molecule has 1 N–H and O–H groups in total. The fourth-order valence-electron chi connectivity index (χ4n) is 2.50. The highest BCUT2D eigenvalue weighted by Crippen LogP contribution is 2.36. The van der Waals surface area contributed by atoms with Gasteiger partial charge >= 0.3 is 0 Å². The van der Waals surface area contributed by atoms with E-state index in [9.17, 15) is 5.11 Å². The summed E-state index contributed by atoms with van der Waals surface area (Å²) < 4.78 is 0.817. The highest BCUT2D eigenvalue weighted by atomic mass is 35.5. The molecule has 1 saturated carbocycles. The lowest BCUT2D eigenvalue weighted by atomic mass is 9.85. The molecule has 0 amide bonds. The molecule has 0 saturated heterocycles. The first-order valence-corrected chi connectivity index (χ1v) is 7.30. The van der Waals surface area contributed by atoms with Gasteiger partial charge in [-0.25, -0.2) is 0 Å². The normalized spacial score (nSPS) is 19.9. The van der Waals surface area contributed by atoms with Gasteiger partial charge in [0.1, 0.15) is 0 Å². The molecular weight excluding hydrogens is 240 g/mol. The van der Waals surface area contributed by atoms with E-state index in [2.05, 4.69) is 0 Å². The molecule has 1 aliphatic carbocycles. The Labute approximate surface area is 106 Å². The number of hydrogen-bond acceptors (Lipinski definition) is 2. The fourth-order valence-corrected chi connectivity index (χ4v) is 3.72. The largest absolute Gasteiger partial charge is 0.388 e. The Morgan fingerprint density at radius 1 is 1.44 bits per heavy atom. The number of aliphatic hydroxyl groups excluding tert-OH is 1. The Morgan fingerprint density at radius 2 is 2.12 bits per heavy atom. The fraction of sp³-hybridized carbons (Fsp3) is 0.692. The van der Waals surface area contributed by atoms with E-state index in [4.69, 9.17) is 11.6 Å². The van der Waals surface area contributed by atoms with Crippen LogP contribution in [0.5, 0.6) is 0 Å². The van der Waals surface area contributed by atoms with Crippen molar-refractivity contribution in [2.45, 2.75) is 51.6 Å². The first kappa shape index (κ1) is 12.4. The van der Waals surface area contributed by atoms with Gasteiger partial charge < -0.3 is 5.11 Å². The maximum atomic E-state index is 10.2. The van der Waals surface area contributed by atoms with Crippen LogP contribution in [0.15, 0.2) is 6.07 Å². The minimum Gasteiger partial charge on any atom is -0.388 e. The third kappa shape index (κ3) is 2.99. The van der Waals surface area contributed by atoms with Crippen molar-refractivity contribution in [3.05, 3.63) is 20.8 Å². The third-order valence-electron chi connectivity index (χ3n) is 3.49. The van der Waals surface area contributed by atoms with E-state index in [0.717, 1.165) is 21.2 Å². The Balaban J connectivity index is 1.93. The van der Waals surface area contributed by atoms with Crippen molar-refractivity contribution in [1.82, 2.24) is 0 Å². The van der Waals surface area contributed by atoms with Gasteiger partial charge in [0, 0.05) is 4.88 Å². The van der Waals surface area contributed by atoms with Crippen LogP contribution in [0.2, 0.25) is 4.34 Å². The van der Waals surface area contributed by atoms with Crippen molar-refractivity contribution in [3.63, 3.8) is 0 Å². The van der Waals surface area contributed by atoms with Crippen LogP contribution in [0.4, 0.5) is 0 Å². The topological polar surface area (TPSA) is 20.2 Å². The lowest BCUT2D eigenvalue weighted by Gasteiger charge is -2.23. The molecule has 0 bridgehead atoms. The molecule has 0 aliphatic heterocycles. The zero-order valence-corrected chi connectivity index (χ0v) is 11.3. The van der Waals surface area contributed by atoms with Crippen LogP contribution in [0.25, 0.3) is 0 Å². The van der Waals surface area contributed by atoms with E-state index < -0.39 is 0 Å². The lowest BCUT2D eigenvalue weighted by molar-refractivity contribution is 0.134. The molecule has 1 fully saturated rings. The van der Waals surface area contributed by atoms with E-state index in [1.807, 2.05) is 13.0 Å². The van der Waals surface area contributed by atoms with Crippen LogP contribution in [-0.2, 0) is 0 Å². The average Bonchev–Trinajstić information content (AvgIpc) is 2.61. The predicted octanol–water partition coefficient (Wildman–Crippen LogP) is 4.71. The number of aryl methyl sites for hydroxylation is 1. The van der Waals surface area contributed by atoms with Gasteiger partial charge in [0.2, 0.25) is 0 Å². The van der Waals surface area contributed by atoms with Gasteiger partial charge in [-0.1, -0.05) is 43.7 Å². The minimum atomic E-state index is -0.306. The van der Waals surface area contributed by atoms with Crippen LogP contribution in [0, 0.1) is 12.8 Å². The standard InChI is InChI=1S/C13H19ClOS/c1-9-7-12(16-13(9)14)11(15)8-10-5-3-2-4-6-10/h7,10-11,15H,2-6,8H2,1H3. The van der Waals surface area contributed by atoms with Crippen LogP contribution in [0.1, 0.15) is 55.1 Å². The number of hydrogen-bond donors (Lipinski definition) is 1. The molecule has 1 aromatic rings. The van der Waals surface area contributed by atoms with Gasteiger partial charge in [-0.2, -0.15) is 0 Å². The summed E-state index contributed by atoms with van der Waals surface area (Å²) >= 11 is 7.55. The van der Waals surface area contributed by atoms with E-state index in [1.165, 1.54) is 43.4 Å². The first-order chi connectivity index (χ1) is 7.66. The van der Waals surface area contributed by atoms with Gasteiger partial charge in [-0.3, -0.25) is 0 Å². The summed E-state index contributed by atoms with van der Waals surface area (Å²) in [6.07, 6.45) is 7.22. The Hall–Kier alpha value is -0.0500. The number of rotatable bonds is 3. The van der Waals surface area contributed by atoms with E-state index in [-0.39, 0.29) is 6.10 Å². The monoisotopic (exact) mass is 258 g/mol. The van der Waals surface area contributed by atoms with Crippen molar-refractivity contribution in [1.29, 1.82) is 0 Å². The lowest BCUT2D eigenvalue weighted by Crippen LogP contribution is -2.10. The van der Waals surface area contributed by atoms with Crippen LogP contribution in [0.3, 0.4) is 0 Å². The Morgan fingerprint density at radius 3 is 2.69 bits per heavy atom. The van der Waals surface area contributed by atoms with E-state index in [1.54, 1.807) is 0 Å². The van der Waals surface area contributed by atoms with E-state index in [0.29, 0.717) is 5.92 Å². The Kier molecular flexibility index (Phi) is 4.28.